The Kier molecular flexibility index (Phi) is 6.68. The minimum atomic E-state index is -0.717. The lowest BCUT2D eigenvalue weighted by Crippen LogP contribution is -2.54. The lowest BCUT2D eigenvalue weighted by molar-refractivity contribution is -0.139. The van der Waals surface area contributed by atoms with Gasteiger partial charge in [0.2, 0.25) is 5.91 Å². The quantitative estimate of drug-likeness (QED) is 0.609. The zero-order valence-corrected chi connectivity index (χ0v) is 20.5. The number of thiazole rings is 1. The number of likely N-dealkylation sites (tertiary alicyclic amines) is 1. The first-order valence-electron chi connectivity index (χ1n) is 11.8. The average molecular weight is 503 g/mol. The summed E-state index contributed by atoms with van der Waals surface area (Å²) in [5, 5.41) is 2.83. The van der Waals surface area contributed by atoms with E-state index in [0.717, 1.165) is 48.2 Å². The van der Waals surface area contributed by atoms with Crippen molar-refractivity contribution in [3.63, 3.8) is 0 Å². The lowest BCUT2D eigenvalue weighted by atomic mass is 9.96. The van der Waals surface area contributed by atoms with Crippen molar-refractivity contribution in [2.24, 2.45) is 5.92 Å². The molecular weight excluding hydrogens is 476 g/mol. The fraction of sp³-hybridized carbons (Fsp3) is 0.542. The number of hydrogen-bond donors (Lipinski definition) is 1. The first-order valence-corrected chi connectivity index (χ1v) is 13.0. The Labute approximate surface area is 207 Å². The monoisotopic (exact) mass is 502 g/mol. The number of ketones is 1. The summed E-state index contributed by atoms with van der Waals surface area (Å²) in [7, 11) is 0. The van der Waals surface area contributed by atoms with Gasteiger partial charge in [-0.05, 0) is 42.9 Å². The van der Waals surface area contributed by atoms with Crippen molar-refractivity contribution in [3.8, 4) is 10.4 Å². The number of ether oxygens (including phenoxy) is 1. The summed E-state index contributed by atoms with van der Waals surface area (Å²) < 4.78 is 5.52. The van der Waals surface area contributed by atoms with Gasteiger partial charge in [-0.1, -0.05) is 19.8 Å². The van der Waals surface area contributed by atoms with Gasteiger partial charge >= 0.3 is 0 Å². The molecule has 2 aromatic rings. The number of hydrogen-bond acceptors (Lipinski definition) is 7. The summed E-state index contributed by atoms with van der Waals surface area (Å²) >= 11 is 7.68. The van der Waals surface area contributed by atoms with E-state index >= 15 is 0 Å². The summed E-state index contributed by atoms with van der Waals surface area (Å²) in [6.07, 6.45) is 7.51. The topological polar surface area (TPSA) is 101 Å². The Balaban J connectivity index is 1.35. The Bertz CT molecular complexity index is 1100. The number of nitrogens with one attached hydrogen (secondary N) is 1. The van der Waals surface area contributed by atoms with E-state index in [9.17, 15) is 14.4 Å². The third-order valence-electron chi connectivity index (χ3n) is 6.99. The van der Waals surface area contributed by atoms with Gasteiger partial charge in [-0.25, -0.2) is 4.98 Å². The first kappa shape index (κ1) is 23.4. The Morgan fingerprint density at radius 1 is 1.32 bits per heavy atom. The maximum absolute atomic E-state index is 13.7. The second-order valence-electron chi connectivity index (χ2n) is 9.11. The molecule has 4 heterocycles. The summed E-state index contributed by atoms with van der Waals surface area (Å²) in [6.45, 7) is 2.25. The molecule has 3 fully saturated rings. The molecule has 3 aliphatic rings. The zero-order valence-electron chi connectivity index (χ0n) is 18.9. The highest BCUT2D eigenvalue weighted by Gasteiger charge is 2.53. The van der Waals surface area contributed by atoms with E-state index in [2.05, 4.69) is 15.3 Å². The number of amides is 2. The Morgan fingerprint density at radius 2 is 2.12 bits per heavy atom. The number of carbonyl (C=O) groups excluding carboxylic acids is 3. The molecule has 2 saturated heterocycles. The normalized spacial score (nSPS) is 25.5. The largest absolute Gasteiger partial charge is 0.366 e. The fourth-order valence-electron chi connectivity index (χ4n) is 5.21. The molecule has 10 heteroatoms. The average Bonchev–Trinajstić information content (AvgIpc) is 3.64. The summed E-state index contributed by atoms with van der Waals surface area (Å²) in [5.41, 5.74) is 1.93. The highest BCUT2D eigenvalue weighted by molar-refractivity contribution is 7.17. The molecule has 2 aliphatic heterocycles. The predicted molar refractivity (Wildman–Crippen MR) is 128 cm³/mol. The number of carbonyl (C=O) groups is 3. The molecule has 1 aliphatic carbocycles. The summed E-state index contributed by atoms with van der Waals surface area (Å²) in [5.74, 6) is -0.742. The van der Waals surface area contributed by atoms with Gasteiger partial charge in [0.15, 0.2) is 10.8 Å². The maximum Gasteiger partial charge on any atom is 0.280 e. The van der Waals surface area contributed by atoms with E-state index in [1.807, 2.05) is 19.1 Å². The van der Waals surface area contributed by atoms with Crippen LogP contribution in [-0.2, 0) is 20.7 Å². The van der Waals surface area contributed by atoms with Gasteiger partial charge in [-0.2, -0.15) is 0 Å². The van der Waals surface area contributed by atoms with Crippen LogP contribution in [0.1, 0.15) is 48.1 Å². The van der Waals surface area contributed by atoms with E-state index < -0.39 is 23.6 Å². The second kappa shape index (κ2) is 9.71. The fourth-order valence-corrected chi connectivity index (χ4v) is 6.39. The van der Waals surface area contributed by atoms with Crippen LogP contribution in [0.25, 0.3) is 10.4 Å². The van der Waals surface area contributed by atoms with E-state index in [0.29, 0.717) is 5.01 Å². The Morgan fingerprint density at radius 3 is 2.88 bits per heavy atom. The Hall–Kier alpha value is -2.36. The van der Waals surface area contributed by atoms with Crippen molar-refractivity contribution < 1.29 is 19.1 Å². The van der Waals surface area contributed by atoms with Gasteiger partial charge in [-0.3, -0.25) is 19.4 Å². The van der Waals surface area contributed by atoms with Gasteiger partial charge in [0.1, 0.15) is 24.8 Å². The van der Waals surface area contributed by atoms with Crippen LogP contribution < -0.4 is 5.32 Å². The third kappa shape index (κ3) is 4.36. The van der Waals surface area contributed by atoms with Crippen LogP contribution in [0.4, 0.5) is 0 Å². The van der Waals surface area contributed by atoms with Crippen LogP contribution in [0.5, 0.6) is 0 Å². The number of halogens is 1. The molecule has 4 unspecified atom stereocenters. The molecule has 1 N–H and O–H groups in total. The van der Waals surface area contributed by atoms with Gasteiger partial charge in [-0.15, -0.1) is 22.9 Å². The van der Waals surface area contributed by atoms with E-state index in [1.165, 1.54) is 16.2 Å². The molecule has 1 saturated carbocycles. The number of nitrogens with zero attached hydrogens (tertiary/aromatic N) is 3. The first-order chi connectivity index (χ1) is 16.5. The predicted octanol–water partition coefficient (Wildman–Crippen LogP) is 2.84. The van der Waals surface area contributed by atoms with Crippen molar-refractivity contribution in [1.29, 1.82) is 0 Å². The summed E-state index contributed by atoms with van der Waals surface area (Å²) in [6, 6.07) is 2.51. The molecule has 0 aromatic carbocycles. The van der Waals surface area contributed by atoms with Crippen LogP contribution in [0, 0.1) is 5.92 Å². The molecule has 180 valence electrons. The number of rotatable bonds is 6. The van der Waals surface area contributed by atoms with E-state index in [1.54, 1.807) is 12.4 Å². The SMILES string of the molecule is CCc1cc(-c2cnc(C(=O)NC(C(=O)N3CC(Cl)C4OCC(=O)C43)C3CCCC3)s2)ccn1. The molecule has 4 atom stereocenters. The van der Waals surface area contributed by atoms with Gasteiger partial charge in [0.25, 0.3) is 5.91 Å². The molecule has 0 bridgehead atoms. The van der Waals surface area contributed by atoms with Crippen LogP contribution in [-0.4, -0.2) is 69.2 Å². The van der Waals surface area contributed by atoms with E-state index in [-0.39, 0.29) is 36.7 Å². The van der Waals surface area contributed by atoms with Gasteiger partial charge in [0, 0.05) is 24.6 Å². The lowest BCUT2D eigenvalue weighted by Gasteiger charge is -2.30. The van der Waals surface area contributed by atoms with Gasteiger partial charge in [0.05, 0.1) is 10.3 Å². The minimum absolute atomic E-state index is 0.0217. The van der Waals surface area contributed by atoms with E-state index in [4.69, 9.17) is 16.3 Å². The molecular formula is C24H27ClN4O4S. The van der Waals surface area contributed by atoms with Crippen molar-refractivity contribution in [2.75, 3.05) is 13.2 Å². The maximum atomic E-state index is 13.7. The van der Waals surface area contributed by atoms with Crippen molar-refractivity contribution in [1.82, 2.24) is 20.2 Å². The molecule has 34 heavy (non-hydrogen) atoms. The molecule has 8 nitrogen and oxygen atoms in total. The number of alkyl halides is 1. The molecule has 2 amide bonds. The summed E-state index contributed by atoms with van der Waals surface area (Å²) in [4.78, 5) is 50.3. The molecule has 0 radical (unpaired) electrons. The zero-order chi connectivity index (χ0) is 23.8. The number of fused-ring (bicyclic) bond motifs is 1. The molecule has 2 aromatic heterocycles. The van der Waals surface area contributed by atoms with Crippen LogP contribution >= 0.6 is 22.9 Å². The molecule has 0 spiro atoms. The third-order valence-corrected chi connectivity index (χ3v) is 8.42. The number of aromatic nitrogens is 2. The van der Waals surface area contributed by atoms with Crippen molar-refractivity contribution in [3.05, 3.63) is 35.2 Å². The number of Topliss-reactive ketones (excluding diaryl/α,β-unsaturated/α-hetero) is 1. The van der Waals surface area contributed by atoms with Crippen LogP contribution in [0.2, 0.25) is 0 Å². The van der Waals surface area contributed by atoms with Crippen LogP contribution in [0.3, 0.4) is 0 Å². The van der Waals surface area contributed by atoms with Crippen molar-refractivity contribution in [2.45, 2.75) is 62.6 Å². The number of pyridine rings is 1. The molecule has 5 rings (SSSR count). The number of aryl methyl sites for hydroxylation is 1. The second-order valence-corrected chi connectivity index (χ2v) is 10.7. The standard InChI is InChI=1S/C24H27ClN4O4S/c1-2-15-9-14(7-8-26-15)18-10-27-23(34-18)22(31)28-19(13-5-3-4-6-13)24(32)29-11-16(25)21-20(29)17(30)12-33-21/h7-10,13,16,19-21H,2-6,11-12H2,1H3,(H,28,31). The smallest absolute Gasteiger partial charge is 0.280 e. The van der Waals surface area contributed by atoms with Gasteiger partial charge < -0.3 is 15.0 Å². The highest BCUT2D eigenvalue weighted by atomic mass is 35.5. The minimum Gasteiger partial charge on any atom is -0.366 e. The highest BCUT2D eigenvalue weighted by Crippen LogP contribution is 2.35. The van der Waals surface area contributed by atoms with Crippen LogP contribution in [0.15, 0.2) is 24.5 Å². The van der Waals surface area contributed by atoms with Crippen molar-refractivity contribution >= 4 is 40.5 Å².